The molecule has 0 aliphatic carbocycles. The minimum atomic E-state index is -3.07. The zero-order valence-electron chi connectivity index (χ0n) is 11.3. The summed E-state index contributed by atoms with van der Waals surface area (Å²) in [5.41, 5.74) is 0.412. The number of hydrogen-bond acceptors (Lipinski definition) is 4. The van der Waals surface area contributed by atoms with Crippen molar-refractivity contribution in [2.75, 3.05) is 36.0 Å². The van der Waals surface area contributed by atoms with Crippen LogP contribution in [-0.2, 0) is 16.4 Å². The fourth-order valence-corrected chi connectivity index (χ4v) is 3.43. The second-order valence-electron chi connectivity index (χ2n) is 4.83. The van der Waals surface area contributed by atoms with E-state index in [1.165, 1.54) is 17.0 Å². The summed E-state index contributed by atoms with van der Waals surface area (Å²) in [6.45, 7) is 3.29. The van der Waals surface area contributed by atoms with Gasteiger partial charge in [-0.2, -0.15) is 0 Å². The van der Waals surface area contributed by atoms with Gasteiger partial charge < -0.3 is 10.2 Å². The predicted octanol–water partition coefficient (Wildman–Crippen LogP) is 1.31. The van der Waals surface area contributed by atoms with Gasteiger partial charge in [0, 0.05) is 19.6 Å². The number of nitrogens with zero attached hydrogens (tertiary/aromatic N) is 1. The lowest BCUT2D eigenvalue weighted by molar-refractivity contribution is 0.557. The molecule has 0 atom stereocenters. The third-order valence-electron chi connectivity index (χ3n) is 3.32. The molecule has 1 N–H and O–H groups in total. The Hall–Kier alpha value is -1.21. The molecule has 1 aliphatic rings. The molecule has 0 radical (unpaired) electrons. The van der Waals surface area contributed by atoms with Crippen molar-refractivity contribution in [2.45, 2.75) is 13.5 Å². The Bertz CT molecular complexity index is 553. The molecule has 1 aromatic carbocycles. The van der Waals surface area contributed by atoms with Crippen LogP contribution in [0, 0.1) is 11.6 Å². The van der Waals surface area contributed by atoms with E-state index in [2.05, 4.69) is 5.32 Å². The zero-order chi connectivity index (χ0) is 14.8. The fourth-order valence-electron chi connectivity index (χ4n) is 2.23. The fraction of sp³-hybridized carbons (Fsp3) is 0.538. The molecule has 1 heterocycles. The van der Waals surface area contributed by atoms with E-state index in [0.717, 1.165) is 6.54 Å². The standard InChI is InChI=1S/C13H18F2N2O2S/c1-2-16-9-10-7-11(14)13(12(15)8-10)17-3-5-20(18,19)6-4-17/h7-8,16H,2-6,9H2,1H3. The smallest absolute Gasteiger partial charge is 0.153 e. The van der Waals surface area contributed by atoms with Crippen LogP contribution in [0.25, 0.3) is 0 Å². The van der Waals surface area contributed by atoms with Gasteiger partial charge in [-0.25, -0.2) is 17.2 Å². The number of benzene rings is 1. The van der Waals surface area contributed by atoms with Crippen LogP contribution in [0.1, 0.15) is 12.5 Å². The molecule has 0 amide bonds. The molecule has 0 saturated carbocycles. The maximum absolute atomic E-state index is 14.1. The van der Waals surface area contributed by atoms with Crippen LogP contribution in [0.3, 0.4) is 0 Å². The first-order chi connectivity index (χ1) is 9.43. The summed E-state index contributed by atoms with van der Waals surface area (Å²) in [6, 6.07) is 2.59. The largest absolute Gasteiger partial charge is 0.365 e. The highest BCUT2D eigenvalue weighted by atomic mass is 32.2. The number of sulfone groups is 1. The normalized spacial score (nSPS) is 18.2. The van der Waals surface area contributed by atoms with Crippen molar-refractivity contribution in [3.05, 3.63) is 29.3 Å². The summed E-state index contributed by atoms with van der Waals surface area (Å²) < 4.78 is 50.8. The highest BCUT2D eigenvalue weighted by Gasteiger charge is 2.26. The van der Waals surface area contributed by atoms with Crippen molar-refractivity contribution in [1.29, 1.82) is 0 Å². The van der Waals surface area contributed by atoms with Gasteiger partial charge in [-0.05, 0) is 24.2 Å². The molecule has 1 fully saturated rings. The summed E-state index contributed by atoms with van der Waals surface area (Å²) in [5.74, 6) is -1.41. The molecule has 0 bridgehead atoms. The van der Waals surface area contributed by atoms with Gasteiger partial charge >= 0.3 is 0 Å². The van der Waals surface area contributed by atoms with E-state index in [-0.39, 0.29) is 30.3 Å². The highest BCUT2D eigenvalue weighted by molar-refractivity contribution is 7.91. The van der Waals surface area contributed by atoms with Crippen LogP contribution in [0.2, 0.25) is 0 Å². The Labute approximate surface area is 117 Å². The second kappa shape index (κ2) is 6.05. The number of rotatable bonds is 4. The molecule has 7 heteroatoms. The van der Waals surface area contributed by atoms with E-state index in [1.54, 1.807) is 0 Å². The summed E-state index contributed by atoms with van der Waals surface area (Å²) in [6.07, 6.45) is 0. The van der Waals surface area contributed by atoms with Gasteiger partial charge in [0.1, 0.15) is 17.3 Å². The van der Waals surface area contributed by atoms with E-state index in [9.17, 15) is 17.2 Å². The number of halogens is 2. The van der Waals surface area contributed by atoms with Crippen molar-refractivity contribution in [3.8, 4) is 0 Å². The van der Waals surface area contributed by atoms with Crippen LogP contribution >= 0.6 is 0 Å². The highest BCUT2D eigenvalue weighted by Crippen LogP contribution is 2.26. The average molecular weight is 304 g/mol. The predicted molar refractivity (Wildman–Crippen MR) is 74.6 cm³/mol. The van der Waals surface area contributed by atoms with Crippen molar-refractivity contribution >= 4 is 15.5 Å². The first-order valence-corrected chi connectivity index (χ1v) is 8.39. The topological polar surface area (TPSA) is 49.4 Å². The average Bonchev–Trinajstić information content (AvgIpc) is 2.37. The van der Waals surface area contributed by atoms with Crippen LogP contribution in [0.5, 0.6) is 0 Å². The Morgan fingerprint density at radius 1 is 1.20 bits per heavy atom. The molecule has 1 saturated heterocycles. The first kappa shape index (κ1) is 15.2. The quantitative estimate of drug-likeness (QED) is 0.911. The van der Waals surface area contributed by atoms with Crippen molar-refractivity contribution in [2.24, 2.45) is 0 Å². The third kappa shape index (κ3) is 3.46. The van der Waals surface area contributed by atoms with Gasteiger partial charge in [0.25, 0.3) is 0 Å². The van der Waals surface area contributed by atoms with E-state index in [4.69, 9.17) is 0 Å². The zero-order valence-corrected chi connectivity index (χ0v) is 12.1. The maximum atomic E-state index is 14.1. The lowest BCUT2D eigenvalue weighted by Crippen LogP contribution is -2.41. The van der Waals surface area contributed by atoms with E-state index in [0.29, 0.717) is 12.1 Å². The Morgan fingerprint density at radius 2 is 1.75 bits per heavy atom. The molecule has 4 nitrogen and oxygen atoms in total. The minimum absolute atomic E-state index is 0.0645. The second-order valence-corrected chi connectivity index (χ2v) is 7.13. The lowest BCUT2D eigenvalue weighted by atomic mass is 10.1. The van der Waals surface area contributed by atoms with Gasteiger partial charge in [0.15, 0.2) is 9.84 Å². The molecule has 0 spiro atoms. The summed E-state index contributed by atoms with van der Waals surface area (Å²) >= 11 is 0. The SMILES string of the molecule is CCNCc1cc(F)c(N2CCS(=O)(=O)CC2)c(F)c1. The molecule has 0 unspecified atom stereocenters. The van der Waals surface area contributed by atoms with Crippen molar-refractivity contribution in [1.82, 2.24) is 5.32 Å². The first-order valence-electron chi connectivity index (χ1n) is 6.57. The van der Waals surface area contributed by atoms with E-state index < -0.39 is 21.5 Å². The summed E-state index contributed by atoms with van der Waals surface area (Å²) in [4.78, 5) is 1.46. The van der Waals surface area contributed by atoms with Crippen molar-refractivity contribution < 1.29 is 17.2 Å². The monoisotopic (exact) mass is 304 g/mol. The van der Waals surface area contributed by atoms with Crippen LogP contribution < -0.4 is 10.2 Å². The van der Waals surface area contributed by atoms with Gasteiger partial charge in [-0.3, -0.25) is 0 Å². The number of anilines is 1. The lowest BCUT2D eigenvalue weighted by Gasteiger charge is -2.29. The molecule has 112 valence electrons. The third-order valence-corrected chi connectivity index (χ3v) is 4.93. The van der Waals surface area contributed by atoms with Crippen LogP contribution in [0.15, 0.2) is 12.1 Å². The van der Waals surface area contributed by atoms with Gasteiger partial charge in [-0.15, -0.1) is 0 Å². The number of hydrogen-bond donors (Lipinski definition) is 1. The Kier molecular flexibility index (Phi) is 4.59. The maximum Gasteiger partial charge on any atom is 0.153 e. The van der Waals surface area contributed by atoms with Crippen LogP contribution in [-0.4, -0.2) is 39.6 Å². The summed E-state index contributed by atoms with van der Waals surface area (Å²) in [7, 11) is -3.07. The van der Waals surface area contributed by atoms with Crippen molar-refractivity contribution in [3.63, 3.8) is 0 Å². The summed E-state index contributed by atoms with van der Waals surface area (Å²) in [5, 5.41) is 3.00. The Morgan fingerprint density at radius 3 is 2.25 bits per heavy atom. The molecular weight excluding hydrogens is 286 g/mol. The van der Waals surface area contributed by atoms with Gasteiger partial charge in [0.05, 0.1) is 11.5 Å². The Balaban J connectivity index is 2.20. The van der Waals surface area contributed by atoms with Crippen LogP contribution in [0.4, 0.5) is 14.5 Å². The molecule has 1 aliphatic heterocycles. The van der Waals surface area contributed by atoms with E-state index in [1.807, 2.05) is 6.92 Å². The van der Waals surface area contributed by atoms with E-state index >= 15 is 0 Å². The number of nitrogens with one attached hydrogen (secondary N) is 1. The van der Waals surface area contributed by atoms with Gasteiger partial charge in [0.2, 0.25) is 0 Å². The molecular formula is C13H18F2N2O2S. The molecule has 20 heavy (non-hydrogen) atoms. The van der Waals surface area contributed by atoms with Gasteiger partial charge in [-0.1, -0.05) is 6.92 Å². The molecule has 1 aromatic rings. The molecule has 2 rings (SSSR count). The molecule has 0 aromatic heterocycles. The minimum Gasteiger partial charge on any atom is -0.365 e.